The van der Waals surface area contributed by atoms with Crippen molar-refractivity contribution in [1.29, 1.82) is 0 Å². The smallest absolute Gasteiger partial charge is 0.275 e. The van der Waals surface area contributed by atoms with E-state index < -0.39 is 0 Å². The molecule has 106 valence electrons. The molecule has 0 aliphatic heterocycles. The zero-order valence-corrected chi connectivity index (χ0v) is 12.2. The quantitative estimate of drug-likeness (QED) is 0.789. The van der Waals surface area contributed by atoms with Crippen LogP contribution in [0.5, 0.6) is 0 Å². The third-order valence-corrected chi connectivity index (χ3v) is 3.30. The number of carbonyl (C=O) groups excluding carboxylic acids is 1. The molecule has 0 aliphatic carbocycles. The highest BCUT2D eigenvalue weighted by Crippen LogP contribution is 2.20. The van der Waals surface area contributed by atoms with Gasteiger partial charge in [-0.2, -0.15) is 5.10 Å². The summed E-state index contributed by atoms with van der Waals surface area (Å²) in [5.41, 5.74) is 2.47. The summed E-state index contributed by atoms with van der Waals surface area (Å²) in [5.74, 6) is 0.0856. The van der Waals surface area contributed by atoms with E-state index >= 15 is 0 Å². The fourth-order valence-electron chi connectivity index (χ4n) is 2.07. The molecule has 2 aromatic heterocycles. The summed E-state index contributed by atoms with van der Waals surface area (Å²) in [5, 5.41) is 7.37. The maximum atomic E-state index is 12.2. The Kier molecular flexibility index (Phi) is 3.31. The highest BCUT2D eigenvalue weighted by atomic mass is 35.5. The number of benzene rings is 1. The molecule has 21 heavy (non-hydrogen) atoms. The molecule has 1 aromatic carbocycles. The molecule has 0 bridgehead atoms. The van der Waals surface area contributed by atoms with Crippen LogP contribution in [0.4, 0.5) is 5.82 Å². The van der Waals surface area contributed by atoms with Gasteiger partial charge < -0.3 is 5.32 Å². The third kappa shape index (κ3) is 2.57. The molecule has 2 heterocycles. The predicted octanol–water partition coefficient (Wildman–Crippen LogP) is 2.58. The Hall–Kier alpha value is -2.47. The van der Waals surface area contributed by atoms with Crippen molar-refractivity contribution in [2.45, 2.75) is 6.92 Å². The molecule has 0 aliphatic rings. The molecule has 0 spiro atoms. The molecule has 0 fully saturated rings. The summed E-state index contributed by atoms with van der Waals surface area (Å²) in [6, 6.07) is 7.03. The minimum absolute atomic E-state index is 0.284. The van der Waals surface area contributed by atoms with Crippen molar-refractivity contribution < 1.29 is 4.79 Å². The number of rotatable bonds is 2. The second-order valence-electron chi connectivity index (χ2n) is 4.61. The highest BCUT2D eigenvalue weighted by Gasteiger charge is 2.13. The van der Waals surface area contributed by atoms with Gasteiger partial charge in [0, 0.05) is 7.05 Å². The number of carbonyl (C=O) groups is 1. The van der Waals surface area contributed by atoms with E-state index in [4.69, 9.17) is 11.6 Å². The Morgan fingerprint density at radius 3 is 2.90 bits per heavy atom. The number of para-hydroxylation sites is 1. The van der Waals surface area contributed by atoms with E-state index in [2.05, 4.69) is 20.4 Å². The SMILES string of the molecule is Cc1cc(C(=O)Nc2cnc3c(Cl)cccc3n2)n(C)n1. The molecular weight excluding hydrogens is 290 g/mol. The number of hydrogen-bond acceptors (Lipinski definition) is 4. The fraction of sp³-hybridized carbons (Fsp3) is 0.143. The van der Waals surface area contributed by atoms with E-state index in [0.29, 0.717) is 27.6 Å². The highest BCUT2D eigenvalue weighted by molar-refractivity contribution is 6.34. The van der Waals surface area contributed by atoms with Gasteiger partial charge in [-0.3, -0.25) is 9.48 Å². The molecule has 0 saturated carbocycles. The van der Waals surface area contributed by atoms with Crippen molar-refractivity contribution >= 4 is 34.4 Å². The first-order valence-corrected chi connectivity index (χ1v) is 6.65. The zero-order valence-electron chi connectivity index (χ0n) is 11.5. The Morgan fingerprint density at radius 1 is 1.38 bits per heavy atom. The van der Waals surface area contributed by atoms with Crippen molar-refractivity contribution in [2.24, 2.45) is 7.05 Å². The van der Waals surface area contributed by atoms with Crippen LogP contribution in [0.2, 0.25) is 5.02 Å². The summed E-state index contributed by atoms with van der Waals surface area (Å²) in [6.45, 7) is 1.83. The van der Waals surface area contributed by atoms with Crippen LogP contribution in [0.25, 0.3) is 11.0 Å². The number of fused-ring (bicyclic) bond motifs is 1. The molecule has 3 rings (SSSR count). The lowest BCUT2D eigenvalue weighted by atomic mass is 10.3. The Balaban J connectivity index is 1.91. The second-order valence-corrected chi connectivity index (χ2v) is 5.02. The van der Waals surface area contributed by atoms with Crippen molar-refractivity contribution in [3.63, 3.8) is 0 Å². The minimum Gasteiger partial charge on any atom is -0.304 e. The van der Waals surface area contributed by atoms with E-state index in [1.165, 1.54) is 10.9 Å². The molecule has 0 atom stereocenters. The number of anilines is 1. The number of amides is 1. The van der Waals surface area contributed by atoms with Gasteiger partial charge in [0.25, 0.3) is 5.91 Å². The maximum Gasteiger partial charge on any atom is 0.275 e. The monoisotopic (exact) mass is 301 g/mol. The standard InChI is InChI=1S/C14H12ClN5O/c1-8-6-11(20(2)19-8)14(21)18-12-7-16-13-9(15)4-3-5-10(13)17-12/h3-7H,1-2H3,(H,17,18,21). The second kappa shape index (κ2) is 5.14. The third-order valence-electron chi connectivity index (χ3n) is 3.00. The molecule has 7 heteroatoms. The van der Waals surface area contributed by atoms with Gasteiger partial charge in [0.05, 0.1) is 22.4 Å². The number of nitrogens with one attached hydrogen (secondary N) is 1. The topological polar surface area (TPSA) is 72.7 Å². The molecule has 3 aromatic rings. The normalized spacial score (nSPS) is 10.8. The molecule has 1 amide bonds. The van der Waals surface area contributed by atoms with Gasteiger partial charge in [0.2, 0.25) is 0 Å². The Morgan fingerprint density at radius 2 is 2.19 bits per heavy atom. The summed E-state index contributed by atoms with van der Waals surface area (Å²) in [4.78, 5) is 20.7. The van der Waals surface area contributed by atoms with E-state index in [1.54, 1.807) is 31.3 Å². The van der Waals surface area contributed by atoms with Crippen LogP contribution >= 0.6 is 11.6 Å². The van der Waals surface area contributed by atoms with Crippen LogP contribution in [-0.2, 0) is 7.05 Å². The van der Waals surface area contributed by atoms with Crippen molar-refractivity contribution in [3.05, 3.63) is 46.9 Å². The summed E-state index contributed by atoms with van der Waals surface area (Å²) in [7, 11) is 1.72. The van der Waals surface area contributed by atoms with Gasteiger partial charge in [-0.05, 0) is 25.1 Å². The zero-order chi connectivity index (χ0) is 15.0. The predicted molar refractivity (Wildman–Crippen MR) is 80.4 cm³/mol. The summed E-state index contributed by atoms with van der Waals surface area (Å²) in [6.07, 6.45) is 1.48. The van der Waals surface area contributed by atoms with Crippen LogP contribution in [0.15, 0.2) is 30.5 Å². The van der Waals surface area contributed by atoms with Crippen molar-refractivity contribution in [1.82, 2.24) is 19.7 Å². The first-order valence-electron chi connectivity index (χ1n) is 6.28. The van der Waals surface area contributed by atoms with Crippen LogP contribution in [-0.4, -0.2) is 25.7 Å². The first kappa shape index (κ1) is 13.5. The molecule has 0 saturated heterocycles. The molecule has 6 nitrogen and oxygen atoms in total. The maximum absolute atomic E-state index is 12.2. The minimum atomic E-state index is -0.284. The van der Waals surface area contributed by atoms with Gasteiger partial charge in [0.1, 0.15) is 11.2 Å². The lowest BCUT2D eigenvalue weighted by Gasteiger charge is -2.05. The summed E-state index contributed by atoms with van der Waals surface area (Å²) >= 11 is 6.03. The Bertz CT molecular complexity index is 842. The van der Waals surface area contributed by atoms with Crippen LogP contribution in [0, 0.1) is 6.92 Å². The molecule has 0 unspecified atom stereocenters. The first-order chi connectivity index (χ1) is 10.0. The van der Waals surface area contributed by atoms with Gasteiger partial charge in [0.15, 0.2) is 5.82 Å². The molecule has 0 radical (unpaired) electrons. The van der Waals surface area contributed by atoms with Crippen molar-refractivity contribution in [2.75, 3.05) is 5.32 Å². The average molecular weight is 302 g/mol. The summed E-state index contributed by atoms with van der Waals surface area (Å²) < 4.78 is 1.52. The van der Waals surface area contributed by atoms with Gasteiger partial charge in [-0.25, -0.2) is 9.97 Å². The number of halogens is 1. The van der Waals surface area contributed by atoms with E-state index in [-0.39, 0.29) is 5.91 Å². The van der Waals surface area contributed by atoms with E-state index in [1.807, 2.05) is 6.92 Å². The van der Waals surface area contributed by atoms with Crippen LogP contribution < -0.4 is 5.32 Å². The van der Waals surface area contributed by atoms with E-state index in [0.717, 1.165) is 5.69 Å². The largest absolute Gasteiger partial charge is 0.304 e. The number of aryl methyl sites for hydroxylation is 2. The van der Waals surface area contributed by atoms with Crippen LogP contribution in [0.1, 0.15) is 16.2 Å². The lowest BCUT2D eigenvalue weighted by molar-refractivity contribution is 0.101. The van der Waals surface area contributed by atoms with Gasteiger partial charge >= 0.3 is 0 Å². The van der Waals surface area contributed by atoms with Crippen LogP contribution in [0.3, 0.4) is 0 Å². The molecular formula is C14H12ClN5O. The Labute approximate surface area is 125 Å². The van der Waals surface area contributed by atoms with E-state index in [9.17, 15) is 4.79 Å². The molecule has 1 N–H and O–H groups in total. The average Bonchev–Trinajstić information content (AvgIpc) is 2.78. The number of nitrogens with zero attached hydrogens (tertiary/aromatic N) is 4. The van der Waals surface area contributed by atoms with Gasteiger partial charge in [-0.15, -0.1) is 0 Å². The van der Waals surface area contributed by atoms with Gasteiger partial charge in [-0.1, -0.05) is 17.7 Å². The van der Waals surface area contributed by atoms with Crippen molar-refractivity contribution in [3.8, 4) is 0 Å². The number of hydrogen-bond donors (Lipinski definition) is 1. The number of aromatic nitrogens is 4. The fourth-order valence-corrected chi connectivity index (χ4v) is 2.29. The lowest BCUT2D eigenvalue weighted by Crippen LogP contribution is -2.17.